The van der Waals surface area contributed by atoms with Crippen molar-refractivity contribution in [1.82, 2.24) is 5.06 Å². The number of rotatable bonds is 2. The Hall–Kier alpha value is 2.21. The summed E-state index contributed by atoms with van der Waals surface area (Å²) in [4.78, 5) is 7.81. The minimum atomic E-state index is -4.80. The van der Waals surface area contributed by atoms with Crippen molar-refractivity contribution in [2.24, 2.45) is 0 Å². The second-order valence-electron chi connectivity index (χ2n) is 4.01. The first-order valence-corrected chi connectivity index (χ1v) is 9.21. The fourth-order valence-corrected chi connectivity index (χ4v) is 3.99. The zero-order valence-corrected chi connectivity index (χ0v) is 17.8. The number of nitrogens with zero attached hydrogens (tertiary/aromatic N) is 1. The third kappa shape index (κ3) is 9.31. The lowest BCUT2D eigenvalue weighted by atomic mass is 9.97. The smallest absolute Gasteiger partial charge is 0.298 e. The first-order valence-electron chi connectivity index (χ1n) is 5.12. The highest BCUT2D eigenvalue weighted by Gasteiger charge is 2.46. The van der Waals surface area contributed by atoms with E-state index in [1.807, 2.05) is 0 Å². The molecule has 0 amide bonds. The molecule has 1 saturated carbocycles. The number of hydrogen-bond donors (Lipinski definition) is 1. The Balaban J connectivity index is 0. The van der Waals surface area contributed by atoms with Gasteiger partial charge in [0.1, 0.15) is 0 Å². The van der Waals surface area contributed by atoms with Crippen LogP contribution in [0.1, 0.15) is 0 Å². The molecule has 21 heavy (non-hydrogen) atoms. The molecular formula is C8H16Cl6FNO3P2. The van der Waals surface area contributed by atoms with Gasteiger partial charge >= 0.3 is 7.91 Å². The van der Waals surface area contributed by atoms with Crippen molar-refractivity contribution >= 4 is 87.4 Å². The summed E-state index contributed by atoms with van der Waals surface area (Å²) in [5.74, 6) is 0. The number of hydroxylamine groups is 2. The molecule has 2 atom stereocenters. The van der Waals surface area contributed by atoms with Crippen molar-refractivity contribution in [3.63, 3.8) is 0 Å². The Morgan fingerprint density at radius 3 is 1.14 bits per heavy atom. The monoisotopic (exact) mass is 465 g/mol. The molecule has 0 aromatic carbocycles. The molecule has 2 unspecified atom stereocenters. The lowest BCUT2D eigenvalue weighted by Crippen LogP contribution is -2.52. The van der Waals surface area contributed by atoms with Crippen LogP contribution in [0.2, 0.25) is 0 Å². The Bertz CT molecular complexity index is 293. The maximum absolute atomic E-state index is 11.5. The van der Waals surface area contributed by atoms with Gasteiger partial charge in [-0.3, -0.25) is 4.89 Å². The van der Waals surface area contributed by atoms with Crippen molar-refractivity contribution in [3.05, 3.63) is 0 Å². The molecule has 0 aromatic rings. The van der Waals surface area contributed by atoms with Gasteiger partial charge in [0.05, 0.1) is 32.3 Å². The van der Waals surface area contributed by atoms with Gasteiger partial charge in [0.2, 0.25) is 0 Å². The zero-order valence-electron chi connectivity index (χ0n) is 11.0. The van der Waals surface area contributed by atoms with E-state index in [0.717, 1.165) is 5.06 Å². The third-order valence-corrected chi connectivity index (χ3v) is 6.65. The molecule has 13 heteroatoms. The van der Waals surface area contributed by atoms with Crippen molar-refractivity contribution in [1.29, 1.82) is 0 Å². The van der Waals surface area contributed by atoms with Crippen LogP contribution in [0.4, 0.5) is 4.20 Å². The molecule has 0 heterocycles. The van der Waals surface area contributed by atoms with E-state index in [0.29, 0.717) is 0 Å². The first-order chi connectivity index (χ1) is 8.88. The Morgan fingerprint density at radius 1 is 0.905 bits per heavy atom. The maximum Gasteiger partial charge on any atom is 0.527 e. The van der Waals surface area contributed by atoms with Crippen molar-refractivity contribution in [2.45, 2.75) is 32.3 Å². The quantitative estimate of drug-likeness (QED) is 0.375. The van der Waals surface area contributed by atoms with Crippen LogP contribution in [0.3, 0.4) is 0 Å². The van der Waals surface area contributed by atoms with Gasteiger partial charge in [-0.15, -0.1) is 73.8 Å². The molecule has 0 radical (unpaired) electrons. The van der Waals surface area contributed by atoms with Crippen LogP contribution < -0.4 is 0 Å². The molecule has 1 aliphatic rings. The summed E-state index contributed by atoms with van der Waals surface area (Å²) in [6.45, 7) is 0. The van der Waals surface area contributed by atoms with Gasteiger partial charge in [0.15, 0.2) is 0 Å². The lowest BCUT2D eigenvalue weighted by Gasteiger charge is -2.37. The van der Waals surface area contributed by atoms with E-state index in [2.05, 4.69) is 4.62 Å². The molecule has 0 aromatic heterocycles. The normalized spacial score (nSPS) is 38.8. The molecule has 0 bridgehead atoms. The van der Waals surface area contributed by atoms with Gasteiger partial charge in [-0.25, -0.2) is 4.57 Å². The lowest BCUT2D eigenvalue weighted by molar-refractivity contribution is -0.0251. The fourth-order valence-electron chi connectivity index (χ4n) is 1.26. The van der Waals surface area contributed by atoms with E-state index < -0.39 is 40.2 Å². The van der Waals surface area contributed by atoms with Crippen LogP contribution in [0, 0.1) is 0 Å². The molecule has 4 nitrogen and oxygen atoms in total. The second kappa shape index (κ2) is 10.9. The van der Waals surface area contributed by atoms with E-state index in [4.69, 9.17) is 74.5 Å². The van der Waals surface area contributed by atoms with Crippen molar-refractivity contribution in [3.8, 4) is 0 Å². The SMILES string of the molecule is CN(C)OP(=O)(O)F.ClC1C(Cl)C(Cl)C(Cl)C(Cl)C1Cl.P. The van der Waals surface area contributed by atoms with E-state index in [9.17, 15) is 8.76 Å². The van der Waals surface area contributed by atoms with Gasteiger partial charge in [-0.2, -0.15) is 19.6 Å². The van der Waals surface area contributed by atoms with Gasteiger partial charge < -0.3 is 0 Å². The summed E-state index contributed by atoms with van der Waals surface area (Å²) in [6, 6.07) is 0. The molecule has 130 valence electrons. The minimum absolute atomic E-state index is 0. The van der Waals surface area contributed by atoms with Gasteiger partial charge in [-0.05, 0) is 0 Å². The highest BCUT2D eigenvalue weighted by atomic mass is 35.5. The van der Waals surface area contributed by atoms with Crippen LogP contribution >= 0.6 is 87.4 Å². The van der Waals surface area contributed by atoms with Crippen molar-refractivity contribution < 1.29 is 18.3 Å². The Morgan fingerprint density at radius 2 is 1.10 bits per heavy atom. The predicted molar refractivity (Wildman–Crippen MR) is 94.7 cm³/mol. The van der Waals surface area contributed by atoms with Crippen LogP contribution in [0.15, 0.2) is 0 Å². The highest BCUT2D eigenvalue weighted by Crippen LogP contribution is 2.43. The molecule has 0 saturated heterocycles. The zero-order chi connectivity index (χ0) is 16.2. The van der Waals surface area contributed by atoms with Crippen LogP contribution in [0.5, 0.6) is 0 Å². The molecule has 0 aliphatic heterocycles. The maximum atomic E-state index is 11.5. The van der Waals surface area contributed by atoms with E-state index in [1.165, 1.54) is 14.1 Å². The van der Waals surface area contributed by atoms with Crippen LogP contribution in [-0.4, -0.2) is 56.3 Å². The summed E-state index contributed by atoms with van der Waals surface area (Å²) < 4.78 is 24.9. The van der Waals surface area contributed by atoms with Gasteiger partial charge in [0.25, 0.3) is 0 Å². The summed E-state index contributed by atoms with van der Waals surface area (Å²) in [7, 11) is -2.18. The van der Waals surface area contributed by atoms with E-state index in [1.54, 1.807) is 0 Å². The minimum Gasteiger partial charge on any atom is -0.298 e. The predicted octanol–water partition coefficient (Wildman–Crippen LogP) is 4.25. The molecule has 1 aliphatic carbocycles. The first kappa shape index (κ1) is 25.5. The van der Waals surface area contributed by atoms with Crippen molar-refractivity contribution in [2.75, 3.05) is 14.1 Å². The van der Waals surface area contributed by atoms with Crippen LogP contribution in [-0.2, 0) is 9.19 Å². The van der Waals surface area contributed by atoms with Gasteiger partial charge in [0, 0.05) is 14.1 Å². The Labute approximate surface area is 156 Å². The summed E-state index contributed by atoms with van der Waals surface area (Å²) in [6.07, 6.45) is 0. The number of alkyl halides is 6. The van der Waals surface area contributed by atoms with E-state index in [-0.39, 0.29) is 9.90 Å². The molecule has 1 fully saturated rings. The second-order valence-corrected chi connectivity index (χ2v) is 8.10. The standard InChI is InChI=1S/C6H6Cl6.C2H7FNO3P.H3P/c7-1-2(8)4(10)6(12)5(11)3(1)9;1-4(2)7-8(3,5)6;/h1-6H;1-2H3,(H,5,6);1H3. The number of halogens is 7. The van der Waals surface area contributed by atoms with Gasteiger partial charge in [-0.1, -0.05) is 0 Å². The summed E-state index contributed by atoms with van der Waals surface area (Å²) in [5, 5.41) is -1.80. The average molecular weight is 468 g/mol. The van der Waals surface area contributed by atoms with E-state index >= 15 is 0 Å². The summed E-state index contributed by atoms with van der Waals surface area (Å²) in [5.41, 5.74) is 0. The number of hydrogen-bond acceptors (Lipinski definition) is 3. The fraction of sp³-hybridized carbons (Fsp3) is 1.00. The average Bonchev–Trinajstić information content (AvgIpc) is 2.29. The molecule has 1 rings (SSSR count). The Kier molecular flexibility index (Phi) is 13.3. The topological polar surface area (TPSA) is 49.8 Å². The summed E-state index contributed by atoms with van der Waals surface area (Å²) >= 11 is 35.3. The van der Waals surface area contributed by atoms with Crippen LogP contribution in [0.25, 0.3) is 0 Å². The molecule has 0 spiro atoms. The molecular weight excluding hydrogens is 452 g/mol. The highest BCUT2D eigenvalue weighted by molar-refractivity contribution is 7.46. The third-order valence-electron chi connectivity index (χ3n) is 2.09. The molecule has 1 N–H and O–H groups in total. The largest absolute Gasteiger partial charge is 0.527 e.